The molecule has 1 N–H and O–H groups in total. The molecular formula is C47H46Cl3N5O6S. The molecule has 5 aromatic carbocycles. The molecule has 2 heterocycles. The highest BCUT2D eigenvalue weighted by atomic mass is 35.5. The molecule has 1 aliphatic rings. The van der Waals surface area contributed by atoms with Gasteiger partial charge in [0.1, 0.15) is 12.4 Å². The van der Waals surface area contributed by atoms with Crippen LogP contribution >= 0.6 is 34.8 Å². The van der Waals surface area contributed by atoms with Crippen LogP contribution in [0.4, 0.5) is 0 Å². The summed E-state index contributed by atoms with van der Waals surface area (Å²) in [7, 11) is -4.41. The van der Waals surface area contributed by atoms with E-state index in [2.05, 4.69) is 23.7 Å². The molecule has 0 fully saturated rings. The number of sulfonamides is 1. The van der Waals surface area contributed by atoms with Crippen LogP contribution in [-0.2, 0) is 29.6 Å². The third-order valence-electron chi connectivity index (χ3n) is 10.9. The normalized spacial score (nSPS) is 12.6. The van der Waals surface area contributed by atoms with Gasteiger partial charge in [-0.05, 0) is 108 Å². The first-order valence-corrected chi connectivity index (χ1v) is 23.1. The Hall–Kier alpha value is -5.40. The van der Waals surface area contributed by atoms with Crippen LogP contribution in [0.3, 0.4) is 0 Å². The molecular weight excluding hydrogens is 869 g/mol. The van der Waals surface area contributed by atoms with Gasteiger partial charge in [-0.25, -0.2) is 17.8 Å². The molecule has 11 nitrogen and oxygen atoms in total. The van der Waals surface area contributed by atoms with Gasteiger partial charge in [0.15, 0.2) is 5.69 Å². The predicted octanol–water partition coefficient (Wildman–Crippen LogP) is 10.2. The number of unbranched alkanes of at least 4 members (excludes halogenated alkanes) is 2. The highest BCUT2D eigenvalue weighted by Gasteiger charge is 2.30. The van der Waals surface area contributed by atoms with Gasteiger partial charge >= 0.3 is 0 Å². The van der Waals surface area contributed by atoms with Crippen molar-refractivity contribution < 1.29 is 27.5 Å². The van der Waals surface area contributed by atoms with Crippen molar-refractivity contribution in [2.45, 2.75) is 70.9 Å². The van der Waals surface area contributed by atoms with E-state index >= 15 is 0 Å². The minimum atomic E-state index is -4.41. The van der Waals surface area contributed by atoms with E-state index in [9.17, 15) is 22.8 Å². The topological polar surface area (TPSA) is 131 Å². The van der Waals surface area contributed by atoms with Crippen LogP contribution in [0.5, 0.6) is 5.75 Å². The summed E-state index contributed by atoms with van der Waals surface area (Å²) in [6.45, 7) is 7.89. The predicted molar refractivity (Wildman–Crippen MR) is 243 cm³/mol. The lowest BCUT2D eigenvalue weighted by atomic mass is 9.98. The molecule has 0 unspecified atom stereocenters. The van der Waals surface area contributed by atoms with Gasteiger partial charge in [0, 0.05) is 31.7 Å². The minimum absolute atomic E-state index is 0.0649. The maximum atomic E-state index is 14.6. The zero-order valence-corrected chi connectivity index (χ0v) is 37.7. The summed E-state index contributed by atoms with van der Waals surface area (Å²) in [5, 5.41) is 7.00. The van der Waals surface area contributed by atoms with Crippen molar-refractivity contribution in [1.82, 2.24) is 24.3 Å². The Bertz CT molecular complexity index is 2780. The van der Waals surface area contributed by atoms with Crippen LogP contribution in [0, 0.1) is 6.92 Å². The van der Waals surface area contributed by atoms with Crippen molar-refractivity contribution in [3.8, 4) is 11.4 Å². The summed E-state index contributed by atoms with van der Waals surface area (Å²) in [6, 6.07) is 27.2. The third kappa shape index (κ3) is 9.79. The Morgan fingerprint density at radius 1 is 0.823 bits per heavy atom. The Morgan fingerprint density at radius 3 is 2.27 bits per heavy atom. The molecule has 3 amide bonds. The SMILES string of the molecule is CCCCN(CCCC)C(=O)c1nn(-c2ccc(C(=O)NS(=O)(=O)c3ccc4ccc(OCc5ccc(Cl)c(Cl)c5)cc4c3)cc2C(=O)N2CCc3ccccc3C2)c(C)c1Cl. The van der Waals surface area contributed by atoms with Crippen LogP contribution in [0.2, 0.25) is 15.1 Å². The van der Waals surface area contributed by atoms with Gasteiger partial charge in [-0.1, -0.05) is 104 Å². The Kier molecular flexibility index (Phi) is 13.9. The minimum Gasteiger partial charge on any atom is -0.489 e. The smallest absolute Gasteiger partial charge is 0.275 e. The number of rotatable bonds is 15. The van der Waals surface area contributed by atoms with Crippen molar-refractivity contribution >= 4 is 73.3 Å². The van der Waals surface area contributed by atoms with E-state index < -0.39 is 21.8 Å². The number of carbonyl (C=O) groups excluding carboxylic acids is 3. The van der Waals surface area contributed by atoms with Gasteiger partial charge in [-0.15, -0.1) is 0 Å². The van der Waals surface area contributed by atoms with Gasteiger partial charge in [-0.3, -0.25) is 14.4 Å². The van der Waals surface area contributed by atoms with Gasteiger partial charge in [0.2, 0.25) is 0 Å². The number of nitrogens with zero attached hydrogens (tertiary/aromatic N) is 4. The van der Waals surface area contributed by atoms with Crippen LogP contribution in [-0.4, -0.2) is 65.4 Å². The number of fused-ring (bicyclic) bond motifs is 2. The van der Waals surface area contributed by atoms with Gasteiger partial charge < -0.3 is 14.5 Å². The van der Waals surface area contributed by atoms with Gasteiger partial charge in [0.05, 0.1) is 36.9 Å². The molecule has 322 valence electrons. The standard InChI is InChI=1S/C47H46Cl3N5O6S/c1-4-6-21-53(22-7-5-2)47(58)44-43(50)30(3)55(51-44)42-19-15-34(27-39(42)46(57)54-23-20-32-10-8-9-11-35(32)28-54)45(56)52-62(59,60)38-17-14-33-13-16-37(25-36(33)26-38)61-29-31-12-18-40(48)41(49)24-31/h8-19,24-27H,4-7,20-23,28-29H2,1-3H3,(H,52,56). The second-order valence-corrected chi connectivity index (χ2v) is 18.2. The first-order valence-electron chi connectivity index (χ1n) is 20.5. The second kappa shape index (κ2) is 19.3. The van der Waals surface area contributed by atoms with Crippen LogP contribution in [0.25, 0.3) is 16.5 Å². The molecule has 62 heavy (non-hydrogen) atoms. The average Bonchev–Trinajstić information content (AvgIpc) is 3.57. The number of benzene rings is 5. The molecule has 0 saturated carbocycles. The van der Waals surface area contributed by atoms with Gasteiger partial charge in [0.25, 0.3) is 27.7 Å². The van der Waals surface area contributed by atoms with E-state index in [1.54, 1.807) is 59.2 Å². The fourth-order valence-corrected chi connectivity index (χ4v) is 8.91. The summed E-state index contributed by atoms with van der Waals surface area (Å²) in [5.74, 6) is -1.15. The first kappa shape index (κ1) is 44.6. The molecule has 1 aromatic heterocycles. The van der Waals surface area contributed by atoms with Crippen molar-refractivity contribution in [2.75, 3.05) is 19.6 Å². The molecule has 0 saturated heterocycles. The Balaban J connectivity index is 1.19. The lowest BCUT2D eigenvalue weighted by Crippen LogP contribution is -2.37. The van der Waals surface area contributed by atoms with E-state index in [-0.39, 0.29) is 44.9 Å². The second-order valence-electron chi connectivity index (χ2n) is 15.3. The molecule has 0 spiro atoms. The van der Waals surface area contributed by atoms with Crippen LogP contribution in [0.15, 0.2) is 102 Å². The number of amides is 3. The fraction of sp³-hybridized carbons (Fsp3) is 0.277. The summed E-state index contributed by atoms with van der Waals surface area (Å²) in [6.07, 6.45) is 4.09. The van der Waals surface area contributed by atoms with Crippen LogP contribution < -0.4 is 9.46 Å². The molecule has 15 heteroatoms. The molecule has 7 rings (SSSR count). The largest absolute Gasteiger partial charge is 0.489 e. The molecule has 0 bridgehead atoms. The monoisotopic (exact) mass is 913 g/mol. The quantitative estimate of drug-likeness (QED) is 0.109. The Morgan fingerprint density at radius 2 is 1.55 bits per heavy atom. The number of hydrogen-bond acceptors (Lipinski definition) is 7. The van der Waals surface area contributed by atoms with Crippen molar-refractivity contribution in [3.63, 3.8) is 0 Å². The van der Waals surface area contributed by atoms with Gasteiger partial charge in [-0.2, -0.15) is 5.10 Å². The maximum Gasteiger partial charge on any atom is 0.275 e. The summed E-state index contributed by atoms with van der Waals surface area (Å²) in [4.78, 5) is 45.7. The van der Waals surface area contributed by atoms with Crippen molar-refractivity contribution in [1.29, 1.82) is 0 Å². The number of nitrogens with one attached hydrogen (secondary N) is 1. The maximum absolute atomic E-state index is 14.6. The lowest BCUT2D eigenvalue weighted by molar-refractivity contribution is 0.0732. The van der Waals surface area contributed by atoms with Crippen molar-refractivity contribution in [3.05, 3.63) is 151 Å². The summed E-state index contributed by atoms with van der Waals surface area (Å²) in [5.41, 5.74) is 3.73. The summed E-state index contributed by atoms with van der Waals surface area (Å²) >= 11 is 19.0. The van der Waals surface area contributed by atoms with E-state index in [4.69, 9.17) is 39.5 Å². The van der Waals surface area contributed by atoms with E-state index in [0.717, 1.165) is 47.8 Å². The zero-order chi connectivity index (χ0) is 44.1. The van der Waals surface area contributed by atoms with E-state index in [1.165, 1.54) is 35.0 Å². The van der Waals surface area contributed by atoms with Crippen molar-refractivity contribution in [2.24, 2.45) is 0 Å². The highest BCUT2D eigenvalue weighted by Crippen LogP contribution is 2.31. The van der Waals surface area contributed by atoms with Crippen LogP contribution in [0.1, 0.15) is 93.1 Å². The molecule has 0 radical (unpaired) electrons. The highest BCUT2D eigenvalue weighted by molar-refractivity contribution is 7.90. The number of hydrogen-bond donors (Lipinski definition) is 1. The molecule has 0 aliphatic carbocycles. The first-order chi connectivity index (χ1) is 29.8. The number of ether oxygens (including phenoxy) is 1. The number of halogens is 3. The fourth-order valence-electron chi connectivity index (χ4n) is 7.39. The number of aromatic nitrogens is 2. The average molecular weight is 915 g/mol. The van der Waals surface area contributed by atoms with E-state index in [0.29, 0.717) is 59.5 Å². The molecule has 6 aromatic rings. The van der Waals surface area contributed by atoms with E-state index in [1.807, 2.05) is 24.3 Å². The molecule has 0 atom stereocenters. The lowest BCUT2D eigenvalue weighted by Gasteiger charge is -2.29. The summed E-state index contributed by atoms with van der Waals surface area (Å²) < 4.78 is 37.2. The number of carbonyl (C=O) groups is 3. The molecule has 1 aliphatic heterocycles. The zero-order valence-electron chi connectivity index (χ0n) is 34.6. The third-order valence-corrected chi connectivity index (χ3v) is 13.5. The Labute approximate surface area is 376 Å².